The molecule has 1 aliphatic heterocycles. The molecule has 1 amide bonds. The summed E-state index contributed by atoms with van der Waals surface area (Å²) < 4.78 is 19.0. The summed E-state index contributed by atoms with van der Waals surface area (Å²) in [7, 11) is 3.08. The Morgan fingerprint density at radius 1 is 1.11 bits per heavy atom. The zero-order valence-electron chi connectivity index (χ0n) is 25.2. The molecule has 0 unspecified atom stereocenters. The molecule has 1 atom stereocenters. The van der Waals surface area contributed by atoms with Crippen LogP contribution in [0.15, 0.2) is 74.0 Å². The number of ether oxygens (including phenoxy) is 2. The van der Waals surface area contributed by atoms with E-state index in [1.807, 2.05) is 13.8 Å². The number of furan rings is 1. The quantitative estimate of drug-likeness (QED) is 0.199. The van der Waals surface area contributed by atoms with E-state index in [0.717, 1.165) is 16.9 Å². The highest BCUT2D eigenvalue weighted by atomic mass is 32.1. The van der Waals surface area contributed by atoms with Crippen LogP contribution in [0, 0.1) is 17.0 Å². The number of rotatable bonds is 9. The SMILES string of the molecule is CCN(CC)C(=O)C1=C(C)N=c2s/c(=C/c3ccc(-c4ccc(C)cc4[N+](=O)[O-])o3)c(=O)n2[C@@H]1c1cc(OC)ccc1OC. The molecule has 0 spiro atoms. The molecule has 3 heterocycles. The molecule has 0 N–H and O–H groups in total. The second-order valence-electron chi connectivity index (χ2n) is 10.1. The third kappa shape index (κ3) is 5.44. The standard InChI is InChI=1S/C32H32N4O7S/c1-7-34(8-2)31(38)28-19(4)33-32-35(29(28)23-16-20(41-5)10-13-25(23)42-6)30(37)27(44-32)17-21-11-14-26(43-21)22-12-9-18(3)15-24(22)36(39)40/h9-17,29H,7-8H2,1-6H3/b27-17+/t29-/m1/s1. The molecule has 11 nitrogen and oxygen atoms in total. The average Bonchev–Trinajstić information content (AvgIpc) is 3.60. The van der Waals surface area contributed by atoms with E-state index < -0.39 is 11.0 Å². The van der Waals surface area contributed by atoms with Crippen molar-refractivity contribution in [1.82, 2.24) is 9.47 Å². The summed E-state index contributed by atoms with van der Waals surface area (Å²) in [6, 6.07) is 12.6. The van der Waals surface area contributed by atoms with Crippen LogP contribution in [0.3, 0.4) is 0 Å². The van der Waals surface area contributed by atoms with E-state index in [-0.39, 0.29) is 17.2 Å². The molecule has 2 aromatic heterocycles. The van der Waals surface area contributed by atoms with Crippen molar-refractivity contribution in [2.75, 3.05) is 27.3 Å². The highest BCUT2D eigenvalue weighted by molar-refractivity contribution is 7.07. The smallest absolute Gasteiger partial charge is 0.280 e. The van der Waals surface area contributed by atoms with Crippen LogP contribution in [-0.4, -0.2) is 47.6 Å². The lowest BCUT2D eigenvalue weighted by Crippen LogP contribution is -2.43. The summed E-state index contributed by atoms with van der Waals surface area (Å²) in [5.74, 6) is 1.44. The fourth-order valence-electron chi connectivity index (χ4n) is 5.33. The molecule has 12 heteroatoms. The first kappa shape index (κ1) is 30.5. The van der Waals surface area contributed by atoms with Crippen molar-refractivity contribution in [3.63, 3.8) is 0 Å². The number of allylic oxidation sites excluding steroid dienone is 1. The minimum Gasteiger partial charge on any atom is -0.497 e. The van der Waals surface area contributed by atoms with E-state index in [9.17, 15) is 19.7 Å². The summed E-state index contributed by atoms with van der Waals surface area (Å²) in [4.78, 5) is 46.1. The van der Waals surface area contributed by atoms with Crippen molar-refractivity contribution < 1.29 is 23.6 Å². The molecule has 0 radical (unpaired) electrons. The van der Waals surface area contributed by atoms with E-state index in [2.05, 4.69) is 0 Å². The van der Waals surface area contributed by atoms with E-state index in [4.69, 9.17) is 18.9 Å². The number of hydrogen-bond acceptors (Lipinski definition) is 9. The van der Waals surface area contributed by atoms with Crippen LogP contribution < -0.4 is 24.4 Å². The lowest BCUT2D eigenvalue weighted by atomic mass is 9.93. The molecular formula is C32H32N4O7S. The van der Waals surface area contributed by atoms with E-state index in [1.54, 1.807) is 74.4 Å². The number of nitro groups is 1. The van der Waals surface area contributed by atoms with Gasteiger partial charge in [-0.1, -0.05) is 17.4 Å². The number of nitro benzene ring substituents is 1. The Morgan fingerprint density at radius 2 is 1.86 bits per heavy atom. The van der Waals surface area contributed by atoms with Crippen LogP contribution in [-0.2, 0) is 4.79 Å². The number of aryl methyl sites for hydroxylation is 1. The van der Waals surface area contributed by atoms with Gasteiger partial charge in [0, 0.05) is 30.8 Å². The van der Waals surface area contributed by atoms with Gasteiger partial charge in [-0.15, -0.1) is 0 Å². The monoisotopic (exact) mass is 616 g/mol. The second-order valence-corrected chi connectivity index (χ2v) is 11.2. The number of carbonyl (C=O) groups is 1. The van der Waals surface area contributed by atoms with Crippen LogP contribution in [0.5, 0.6) is 11.5 Å². The molecule has 228 valence electrons. The lowest BCUT2D eigenvalue weighted by Gasteiger charge is -2.30. The summed E-state index contributed by atoms with van der Waals surface area (Å²) >= 11 is 1.16. The number of amides is 1. The van der Waals surface area contributed by atoms with Gasteiger partial charge in [-0.25, -0.2) is 4.99 Å². The minimum absolute atomic E-state index is 0.0709. The molecule has 1 aliphatic rings. The number of carbonyl (C=O) groups excluding carboxylic acids is 1. The van der Waals surface area contributed by atoms with Gasteiger partial charge in [0.1, 0.15) is 29.1 Å². The normalized spacial score (nSPS) is 14.7. The predicted octanol–water partition coefficient (Wildman–Crippen LogP) is 4.60. The van der Waals surface area contributed by atoms with Crippen LogP contribution in [0.25, 0.3) is 17.4 Å². The maximum Gasteiger partial charge on any atom is 0.280 e. The van der Waals surface area contributed by atoms with Crippen molar-refractivity contribution >= 4 is 29.0 Å². The van der Waals surface area contributed by atoms with Gasteiger partial charge in [0.25, 0.3) is 17.2 Å². The van der Waals surface area contributed by atoms with Crippen molar-refractivity contribution in [3.05, 3.63) is 106 Å². The zero-order chi connectivity index (χ0) is 31.7. The molecular weight excluding hydrogens is 584 g/mol. The third-order valence-corrected chi connectivity index (χ3v) is 8.53. The second kappa shape index (κ2) is 12.3. The largest absolute Gasteiger partial charge is 0.497 e. The predicted molar refractivity (Wildman–Crippen MR) is 167 cm³/mol. The highest BCUT2D eigenvalue weighted by Gasteiger charge is 2.36. The van der Waals surface area contributed by atoms with Gasteiger partial charge in [0.15, 0.2) is 4.80 Å². The van der Waals surface area contributed by atoms with Gasteiger partial charge in [0.05, 0.1) is 40.5 Å². The number of nitrogens with zero attached hydrogens (tertiary/aromatic N) is 4. The molecule has 5 rings (SSSR count). The minimum atomic E-state index is -0.839. The maximum absolute atomic E-state index is 14.1. The first-order chi connectivity index (χ1) is 21.1. The maximum atomic E-state index is 14.1. The van der Waals surface area contributed by atoms with Crippen molar-refractivity contribution in [3.8, 4) is 22.8 Å². The third-order valence-electron chi connectivity index (χ3n) is 7.55. The summed E-state index contributed by atoms with van der Waals surface area (Å²) in [6.45, 7) is 8.31. The van der Waals surface area contributed by atoms with Crippen LogP contribution >= 0.6 is 11.3 Å². The van der Waals surface area contributed by atoms with E-state index >= 15 is 0 Å². The van der Waals surface area contributed by atoms with Gasteiger partial charge in [0.2, 0.25) is 0 Å². The number of methoxy groups -OCH3 is 2. The topological polar surface area (TPSA) is 129 Å². The number of thiazole rings is 1. The number of likely N-dealkylation sites (N-methyl/N-ethyl adjacent to an activating group) is 1. The van der Waals surface area contributed by atoms with Gasteiger partial charge in [-0.2, -0.15) is 0 Å². The molecule has 2 aromatic carbocycles. The van der Waals surface area contributed by atoms with Gasteiger partial charge >= 0.3 is 0 Å². The number of fused-ring (bicyclic) bond motifs is 1. The van der Waals surface area contributed by atoms with Crippen LogP contribution in [0.1, 0.15) is 43.7 Å². The molecule has 0 saturated heterocycles. The summed E-state index contributed by atoms with van der Waals surface area (Å²) in [6.07, 6.45) is 1.58. The fraction of sp³-hybridized carbons (Fsp3) is 0.281. The first-order valence-corrected chi connectivity index (χ1v) is 14.8. The Kier molecular flexibility index (Phi) is 8.54. The first-order valence-electron chi connectivity index (χ1n) is 14.0. The molecule has 44 heavy (non-hydrogen) atoms. The fourth-order valence-corrected chi connectivity index (χ4v) is 6.36. The van der Waals surface area contributed by atoms with Crippen molar-refractivity contribution in [1.29, 1.82) is 0 Å². The Labute approximate surface area is 257 Å². The number of hydrogen-bond donors (Lipinski definition) is 0. The Bertz CT molecular complexity index is 1980. The van der Waals surface area contributed by atoms with E-state index in [1.165, 1.54) is 17.7 Å². The summed E-state index contributed by atoms with van der Waals surface area (Å²) in [5.41, 5.74) is 2.09. The lowest BCUT2D eigenvalue weighted by molar-refractivity contribution is -0.384. The zero-order valence-corrected chi connectivity index (χ0v) is 26.1. The molecule has 0 bridgehead atoms. The van der Waals surface area contributed by atoms with Crippen molar-refractivity contribution in [2.45, 2.75) is 33.7 Å². The Morgan fingerprint density at radius 3 is 2.52 bits per heavy atom. The molecule has 0 fully saturated rings. The van der Waals surface area contributed by atoms with Crippen molar-refractivity contribution in [2.24, 2.45) is 4.99 Å². The van der Waals surface area contributed by atoms with Gasteiger partial charge in [-0.05, 0) is 69.7 Å². The number of benzene rings is 2. The Hall–Kier alpha value is -4.97. The number of aromatic nitrogens is 1. The van der Waals surface area contributed by atoms with Crippen LogP contribution in [0.4, 0.5) is 5.69 Å². The Balaban J connectivity index is 1.70. The summed E-state index contributed by atoms with van der Waals surface area (Å²) in [5, 5.41) is 11.7. The molecule has 4 aromatic rings. The van der Waals surface area contributed by atoms with Gasteiger partial charge in [-0.3, -0.25) is 24.3 Å². The van der Waals surface area contributed by atoms with Gasteiger partial charge < -0.3 is 18.8 Å². The highest BCUT2D eigenvalue weighted by Crippen LogP contribution is 2.38. The van der Waals surface area contributed by atoms with Crippen LogP contribution in [0.2, 0.25) is 0 Å². The van der Waals surface area contributed by atoms with E-state index in [0.29, 0.717) is 67.8 Å². The molecule has 0 aliphatic carbocycles. The molecule has 0 saturated carbocycles. The average molecular weight is 617 g/mol.